The third-order valence-electron chi connectivity index (χ3n) is 7.75. The number of rotatable bonds is 7. The van der Waals surface area contributed by atoms with Crippen LogP contribution in [0.15, 0.2) is 42.5 Å². The summed E-state index contributed by atoms with van der Waals surface area (Å²) in [6.07, 6.45) is -0.548. The predicted molar refractivity (Wildman–Crippen MR) is 125 cm³/mol. The highest BCUT2D eigenvalue weighted by molar-refractivity contribution is 7.86. The fourth-order valence-electron chi connectivity index (χ4n) is 6.34. The molecule has 9 nitrogen and oxygen atoms in total. The molecular formula is C25H25F2NO8S. The van der Waals surface area contributed by atoms with Gasteiger partial charge in [0.2, 0.25) is 5.91 Å². The molecule has 1 amide bonds. The maximum atomic E-state index is 13.7. The van der Waals surface area contributed by atoms with Crippen molar-refractivity contribution in [2.24, 2.45) is 23.7 Å². The zero-order chi connectivity index (χ0) is 26.9. The van der Waals surface area contributed by atoms with Crippen LogP contribution in [-0.4, -0.2) is 65.8 Å². The number of carbonyl (C=O) groups is 3. The first kappa shape index (κ1) is 25.5. The number of nitrogens with zero attached hydrogens (tertiary/aromatic N) is 1. The monoisotopic (exact) mass is 537 g/mol. The fourth-order valence-corrected chi connectivity index (χ4v) is 6.55. The van der Waals surface area contributed by atoms with E-state index >= 15 is 0 Å². The molecular weight excluding hydrogens is 512 g/mol. The molecule has 2 aliphatic carbocycles. The lowest BCUT2D eigenvalue weighted by Crippen LogP contribution is -2.48. The molecule has 1 heterocycles. The van der Waals surface area contributed by atoms with Crippen LogP contribution >= 0.6 is 0 Å². The van der Waals surface area contributed by atoms with Gasteiger partial charge in [0.25, 0.3) is 0 Å². The zero-order valence-corrected chi connectivity index (χ0v) is 20.7. The Morgan fingerprint density at radius 3 is 2.49 bits per heavy atom. The minimum Gasteiger partial charge on any atom is -0.458 e. The third kappa shape index (κ3) is 3.97. The average Bonchev–Trinajstić information content (AvgIpc) is 3.44. The van der Waals surface area contributed by atoms with Crippen molar-refractivity contribution in [3.8, 4) is 0 Å². The fraction of sp³-hybridized carbons (Fsp3) is 0.480. The number of amides is 1. The summed E-state index contributed by atoms with van der Waals surface area (Å²) >= 11 is 0. The van der Waals surface area contributed by atoms with Gasteiger partial charge in [0.05, 0.1) is 23.4 Å². The smallest absolute Gasteiger partial charge is 0.402 e. The van der Waals surface area contributed by atoms with Crippen molar-refractivity contribution in [3.63, 3.8) is 0 Å². The van der Waals surface area contributed by atoms with Crippen LogP contribution in [0.1, 0.15) is 30.6 Å². The lowest BCUT2D eigenvalue weighted by molar-refractivity contribution is -0.161. The summed E-state index contributed by atoms with van der Waals surface area (Å²) in [7, 11) is -5.80. The quantitative estimate of drug-likeness (QED) is 0.422. The molecule has 6 atom stereocenters. The molecule has 2 saturated carbocycles. The van der Waals surface area contributed by atoms with Crippen LogP contribution in [0.3, 0.4) is 0 Å². The van der Waals surface area contributed by atoms with Crippen molar-refractivity contribution >= 4 is 38.7 Å². The van der Waals surface area contributed by atoms with Gasteiger partial charge in [-0.1, -0.05) is 36.4 Å². The highest BCUT2D eigenvalue weighted by atomic mass is 32.2. The van der Waals surface area contributed by atoms with E-state index < -0.39 is 63.8 Å². The number of hydrogen-bond donors (Lipinski definition) is 1. The molecule has 2 bridgehead atoms. The molecule has 0 spiro atoms. The van der Waals surface area contributed by atoms with Crippen LogP contribution in [0.25, 0.3) is 10.8 Å². The number of hydrogen-bond acceptors (Lipinski definition) is 7. The van der Waals surface area contributed by atoms with Crippen molar-refractivity contribution in [1.29, 1.82) is 0 Å². The normalized spacial score (nSPS) is 28.8. The summed E-state index contributed by atoms with van der Waals surface area (Å²) in [5, 5.41) is -3.21. The summed E-state index contributed by atoms with van der Waals surface area (Å²) in [5.41, 5.74) is 0.310. The maximum Gasteiger partial charge on any atom is 0.402 e. The standard InChI is InChI=1S/C25H25F2NO8S/c1-12(2)28-20-16-10-17(19(18(16)22(28)29)24(31)35-11-25(26,27)37(32,33)34)21(20)36-23(30)15-9-5-7-13-6-3-4-8-14(13)15/h3-9,12,16-21H,10-11H2,1-2H3,(H,32,33,34). The number of esters is 2. The Balaban J connectivity index is 1.44. The van der Waals surface area contributed by atoms with Crippen molar-refractivity contribution in [2.45, 2.75) is 43.7 Å². The largest absolute Gasteiger partial charge is 0.458 e. The SMILES string of the molecule is CC(C)N1C(=O)C2C3CC(C(OC(=O)c4cccc5ccccc45)C31)C2C(=O)OCC(F)(F)S(=O)(=O)O. The number of halogens is 2. The zero-order valence-electron chi connectivity index (χ0n) is 19.9. The molecule has 2 aromatic carbocycles. The molecule has 1 saturated heterocycles. The summed E-state index contributed by atoms with van der Waals surface area (Å²) < 4.78 is 68.5. The molecule has 198 valence electrons. The Kier molecular flexibility index (Phi) is 6.02. The third-order valence-corrected chi connectivity index (χ3v) is 8.63. The van der Waals surface area contributed by atoms with E-state index in [1.165, 1.54) is 0 Å². The van der Waals surface area contributed by atoms with Crippen molar-refractivity contribution in [1.82, 2.24) is 4.90 Å². The molecule has 0 radical (unpaired) electrons. The van der Waals surface area contributed by atoms with Crippen LogP contribution in [0.5, 0.6) is 0 Å². The Bertz CT molecular complexity index is 1390. The van der Waals surface area contributed by atoms with E-state index in [0.29, 0.717) is 17.4 Å². The van der Waals surface area contributed by atoms with Crippen LogP contribution in [0, 0.1) is 23.7 Å². The summed E-state index contributed by atoms with van der Waals surface area (Å²) in [6.45, 7) is 1.69. The molecule has 3 fully saturated rings. The number of fused-ring (bicyclic) bond motifs is 2. The predicted octanol–water partition coefficient (Wildman–Crippen LogP) is 2.89. The molecule has 12 heteroatoms. The molecule has 0 aromatic heterocycles. The molecule has 5 rings (SSSR count). The second-order valence-corrected chi connectivity index (χ2v) is 11.6. The Morgan fingerprint density at radius 1 is 1.14 bits per heavy atom. The maximum absolute atomic E-state index is 13.7. The van der Waals surface area contributed by atoms with Gasteiger partial charge in [0.1, 0.15) is 6.10 Å². The van der Waals surface area contributed by atoms with E-state index in [1.807, 2.05) is 18.2 Å². The second-order valence-electron chi connectivity index (χ2n) is 10.1. The first-order chi connectivity index (χ1) is 17.3. The van der Waals surface area contributed by atoms with E-state index in [1.54, 1.807) is 43.0 Å². The van der Waals surface area contributed by atoms with Crippen molar-refractivity contribution in [3.05, 3.63) is 48.0 Å². The Hall–Kier alpha value is -3.12. The first-order valence-corrected chi connectivity index (χ1v) is 13.3. The minimum absolute atomic E-state index is 0.277. The molecule has 1 aliphatic heterocycles. The van der Waals surface area contributed by atoms with E-state index in [2.05, 4.69) is 4.74 Å². The highest BCUT2D eigenvalue weighted by Gasteiger charge is 2.71. The van der Waals surface area contributed by atoms with Crippen LogP contribution in [0.4, 0.5) is 8.78 Å². The number of carbonyl (C=O) groups excluding carboxylic acids is 3. The summed E-state index contributed by atoms with van der Waals surface area (Å²) in [5.74, 6) is -5.27. The van der Waals surface area contributed by atoms with Gasteiger partial charge in [-0.05, 0) is 43.0 Å². The van der Waals surface area contributed by atoms with Gasteiger partial charge in [-0.25, -0.2) is 4.79 Å². The van der Waals surface area contributed by atoms with E-state index in [-0.39, 0.29) is 17.9 Å². The van der Waals surface area contributed by atoms with Crippen LogP contribution in [0.2, 0.25) is 0 Å². The highest BCUT2D eigenvalue weighted by Crippen LogP contribution is 2.60. The van der Waals surface area contributed by atoms with E-state index in [0.717, 1.165) is 5.39 Å². The topological polar surface area (TPSA) is 127 Å². The first-order valence-electron chi connectivity index (χ1n) is 11.9. The van der Waals surface area contributed by atoms with Crippen molar-refractivity contribution < 1.29 is 45.6 Å². The average molecular weight is 538 g/mol. The van der Waals surface area contributed by atoms with E-state index in [4.69, 9.17) is 9.29 Å². The van der Waals surface area contributed by atoms with Crippen LogP contribution < -0.4 is 0 Å². The number of alkyl halides is 2. The molecule has 6 unspecified atom stereocenters. The second kappa shape index (κ2) is 8.73. The minimum atomic E-state index is -5.80. The lowest BCUT2D eigenvalue weighted by Gasteiger charge is -2.35. The van der Waals surface area contributed by atoms with Crippen LogP contribution in [-0.2, 0) is 29.2 Å². The Morgan fingerprint density at radius 2 is 1.81 bits per heavy atom. The summed E-state index contributed by atoms with van der Waals surface area (Å²) in [4.78, 5) is 41.2. The number of ether oxygens (including phenoxy) is 2. The lowest BCUT2D eigenvalue weighted by atomic mass is 9.78. The molecule has 3 aliphatic rings. The van der Waals surface area contributed by atoms with Gasteiger partial charge < -0.3 is 14.4 Å². The van der Waals surface area contributed by atoms with Gasteiger partial charge in [-0.3, -0.25) is 14.1 Å². The number of likely N-dealkylation sites (tertiary alicyclic amines) is 1. The molecule has 2 aromatic rings. The van der Waals surface area contributed by atoms with Gasteiger partial charge in [-0.2, -0.15) is 17.2 Å². The summed E-state index contributed by atoms with van der Waals surface area (Å²) in [6, 6.07) is 11.7. The Labute approximate surface area is 211 Å². The van der Waals surface area contributed by atoms with Gasteiger partial charge in [0.15, 0.2) is 6.61 Å². The van der Waals surface area contributed by atoms with Gasteiger partial charge in [-0.15, -0.1) is 0 Å². The van der Waals surface area contributed by atoms with Crippen molar-refractivity contribution in [2.75, 3.05) is 6.61 Å². The van der Waals surface area contributed by atoms with Gasteiger partial charge >= 0.3 is 27.3 Å². The van der Waals surface area contributed by atoms with E-state index in [9.17, 15) is 31.6 Å². The molecule has 37 heavy (non-hydrogen) atoms. The number of benzene rings is 2. The molecule has 1 N–H and O–H groups in total. The van der Waals surface area contributed by atoms with Gasteiger partial charge in [0, 0.05) is 12.0 Å².